The molecule has 0 saturated carbocycles. The first-order valence-electron chi connectivity index (χ1n) is 6.69. The molecule has 0 radical (unpaired) electrons. The Morgan fingerprint density at radius 1 is 1.58 bits per heavy atom. The van der Waals surface area contributed by atoms with Crippen molar-refractivity contribution >= 4 is 23.2 Å². The van der Waals surface area contributed by atoms with E-state index in [0.29, 0.717) is 16.3 Å². The van der Waals surface area contributed by atoms with Crippen molar-refractivity contribution < 1.29 is 4.79 Å². The van der Waals surface area contributed by atoms with Crippen LogP contribution < -0.4 is 11.1 Å². The topological polar surface area (TPSA) is 58.4 Å². The first-order valence-corrected chi connectivity index (χ1v) is 7.06. The number of hydrogen-bond acceptors (Lipinski definition) is 3. The summed E-state index contributed by atoms with van der Waals surface area (Å²) in [5, 5.41) is 3.47. The van der Waals surface area contributed by atoms with Gasteiger partial charge in [0.05, 0.1) is 16.3 Å². The molecule has 0 spiro atoms. The van der Waals surface area contributed by atoms with Crippen LogP contribution in [-0.4, -0.2) is 36.5 Å². The summed E-state index contributed by atoms with van der Waals surface area (Å²) in [5.41, 5.74) is 6.65. The molecule has 0 bridgehead atoms. The smallest absolute Gasteiger partial charge is 0.253 e. The van der Waals surface area contributed by atoms with Gasteiger partial charge in [-0.1, -0.05) is 24.6 Å². The van der Waals surface area contributed by atoms with E-state index in [1.54, 1.807) is 18.2 Å². The van der Waals surface area contributed by atoms with E-state index in [4.69, 9.17) is 17.3 Å². The molecule has 1 unspecified atom stereocenters. The molecule has 0 aromatic heterocycles. The van der Waals surface area contributed by atoms with Gasteiger partial charge in [-0.2, -0.15) is 0 Å². The standard InChI is InChI=1S/C14H20ClN3O/c1-2-18-8-4-5-10(9-18)17-14(19)11-6-3-7-12(15)13(11)16/h3,6-7,10H,2,4-5,8-9,16H2,1H3,(H,17,19). The third-order valence-corrected chi connectivity index (χ3v) is 3.92. The summed E-state index contributed by atoms with van der Waals surface area (Å²) in [4.78, 5) is 14.6. The number of nitrogens with zero attached hydrogens (tertiary/aromatic N) is 1. The van der Waals surface area contributed by atoms with Crippen LogP contribution in [0, 0.1) is 0 Å². The molecule has 2 rings (SSSR count). The van der Waals surface area contributed by atoms with Gasteiger partial charge in [0, 0.05) is 12.6 Å². The Balaban J connectivity index is 2.02. The van der Waals surface area contributed by atoms with E-state index in [2.05, 4.69) is 17.1 Å². The number of piperidine rings is 1. The second kappa shape index (κ2) is 6.26. The van der Waals surface area contributed by atoms with Crippen LogP contribution in [0.3, 0.4) is 0 Å². The highest BCUT2D eigenvalue weighted by Gasteiger charge is 2.21. The lowest BCUT2D eigenvalue weighted by molar-refractivity contribution is 0.0907. The SMILES string of the molecule is CCN1CCCC(NC(=O)c2cccc(Cl)c2N)C1. The zero-order chi connectivity index (χ0) is 13.8. The fraction of sp³-hybridized carbons (Fsp3) is 0.500. The lowest BCUT2D eigenvalue weighted by atomic mass is 10.0. The second-order valence-electron chi connectivity index (χ2n) is 4.91. The Morgan fingerprint density at radius 3 is 3.11 bits per heavy atom. The summed E-state index contributed by atoms with van der Waals surface area (Å²) in [5.74, 6) is -0.136. The fourth-order valence-electron chi connectivity index (χ4n) is 2.46. The number of nitrogens with two attached hydrogens (primary N) is 1. The van der Waals surface area contributed by atoms with Crippen molar-refractivity contribution in [3.05, 3.63) is 28.8 Å². The monoisotopic (exact) mass is 281 g/mol. The summed E-state index contributed by atoms with van der Waals surface area (Å²) in [7, 11) is 0. The van der Waals surface area contributed by atoms with Gasteiger partial charge in [-0.25, -0.2) is 0 Å². The number of halogens is 1. The van der Waals surface area contributed by atoms with E-state index in [0.717, 1.165) is 32.5 Å². The van der Waals surface area contributed by atoms with Crippen LogP contribution in [0.15, 0.2) is 18.2 Å². The van der Waals surface area contributed by atoms with Crippen molar-refractivity contribution in [2.45, 2.75) is 25.8 Å². The maximum atomic E-state index is 12.2. The molecule has 1 amide bonds. The van der Waals surface area contributed by atoms with Gasteiger partial charge in [-0.15, -0.1) is 0 Å². The zero-order valence-corrected chi connectivity index (χ0v) is 11.9. The molecule has 1 aliphatic heterocycles. The van der Waals surface area contributed by atoms with Gasteiger partial charge >= 0.3 is 0 Å². The van der Waals surface area contributed by atoms with Crippen molar-refractivity contribution in [3.63, 3.8) is 0 Å². The Morgan fingerprint density at radius 2 is 2.37 bits per heavy atom. The molecule has 19 heavy (non-hydrogen) atoms. The lowest BCUT2D eigenvalue weighted by Gasteiger charge is -2.32. The molecule has 1 aliphatic rings. The van der Waals surface area contributed by atoms with Crippen LogP contribution in [0.2, 0.25) is 5.02 Å². The number of amides is 1. The third-order valence-electron chi connectivity index (χ3n) is 3.59. The van der Waals surface area contributed by atoms with Crippen LogP contribution in [0.4, 0.5) is 5.69 Å². The highest BCUT2D eigenvalue weighted by atomic mass is 35.5. The molecule has 3 N–H and O–H groups in total. The predicted octanol–water partition coefficient (Wildman–Crippen LogP) is 2.14. The first kappa shape index (κ1) is 14.2. The number of anilines is 1. The van der Waals surface area contributed by atoms with E-state index in [9.17, 15) is 4.79 Å². The highest BCUT2D eigenvalue weighted by Crippen LogP contribution is 2.22. The Labute approximate surface area is 118 Å². The summed E-state index contributed by atoms with van der Waals surface area (Å²) in [6, 6.07) is 5.33. The molecule has 1 aromatic rings. The fourth-order valence-corrected chi connectivity index (χ4v) is 2.63. The Bertz CT molecular complexity index is 464. The Kier molecular flexibility index (Phi) is 4.66. The number of carbonyl (C=O) groups excluding carboxylic acids is 1. The quantitative estimate of drug-likeness (QED) is 0.835. The van der Waals surface area contributed by atoms with Gasteiger partial charge in [0.15, 0.2) is 0 Å². The van der Waals surface area contributed by atoms with Crippen LogP contribution in [0.1, 0.15) is 30.1 Å². The summed E-state index contributed by atoms with van der Waals surface area (Å²) in [6.07, 6.45) is 2.13. The van der Waals surface area contributed by atoms with Crippen LogP contribution in [0.25, 0.3) is 0 Å². The summed E-state index contributed by atoms with van der Waals surface area (Å²) >= 11 is 5.93. The Hall–Kier alpha value is -1.26. The second-order valence-corrected chi connectivity index (χ2v) is 5.31. The minimum absolute atomic E-state index is 0.136. The number of para-hydroxylation sites is 1. The highest BCUT2D eigenvalue weighted by molar-refractivity contribution is 6.33. The number of nitrogen functional groups attached to an aromatic ring is 1. The molecule has 5 heteroatoms. The summed E-state index contributed by atoms with van der Waals surface area (Å²) in [6.45, 7) is 5.18. The van der Waals surface area contributed by atoms with Gasteiger partial charge in [-0.3, -0.25) is 4.79 Å². The van der Waals surface area contributed by atoms with Crippen LogP contribution in [-0.2, 0) is 0 Å². The van der Waals surface area contributed by atoms with Gasteiger partial charge in [0.2, 0.25) is 0 Å². The van der Waals surface area contributed by atoms with Crippen LogP contribution in [0.5, 0.6) is 0 Å². The van der Waals surface area contributed by atoms with Gasteiger partial charge in [-0.05, 0) is 38.1 Å². The van der Waals surface area contributed by atoms with E-state index in [1.165, 1.54) is 0 Å². The molecule has 104 valence electrons. The molecule has 1 heterocycles. The van der Waals surface area contributed by atoms with Crippen molar-refractivity contribution in [1.82, 2.24) is 10.2 Å². The number of hydrogen-bond donors (Lipinski definition) is 2. The molecule has 1 saturated heterocycles. The molecule has 4 nitrogen and oxygen atoms in total. The maximum absolute atomic E-state index is 12.2. The number of likely N-dealkylation sites (N-methyl/N-ethyl adjacent to an activating group) is 1. The number of likely N-dealkylation sites (tertiary alicyclic amines) is 1. The largest absolute Gasteiger partial charge is 0.397 e. The molecular weight excluding hydrogens is 262 g/mol. The van der Waals surface area contributed by atoms with Gasteiger partial charge < -0.3 is 16.0 Å². The number of carbonyl (C=O) groups is 1. The molecule has 1 fully saturated rings. The number of rotatable bonds is 3. The molecule has 1 aromatic carbocycles. The average Bonchev–Trinajstić information content (AvgIpc) is 2.42. The average molecular weight is 282 g/mol. The number of benzene rings is 1. The molecular formula is C14H20ClN3O. The number of nitrogens with one attached hydrogen (secondary N) is 1. The van der Waals surface area contributed by atoms with Crippen molar-refractivity contribution in [2.75, 3.05) is 25.4 Å². The zero-order valence-electron chi connectivity index (χ0n) is 11.2. The molecule has 1 atom stereocenters. The third kappa shape index (κ3) is 3.39. The van der Waals surface area contributed by atoms with E-state index in [1.807, 2.05) is 0 Å². The van der Waals surface area contributed by atoms with Gasteiger partial charge in [0.1, 0.15) is 0 Å². The first-order chi connectivity index (χ1) is 9.11. The van der Waals surface area contributed by atoms with E-state index < -0.39 is 0 Å². The maximum Gasteiger partial charge on any atom is 0.253 e. The minimum Gasteiger partial charge on any atom is -0.397 e. The summed E-state index contributed by atoms with van der Waals surface area (Å²) < 4.78 is 0. The minimum atomic E-state index is -0.136. The van der Waals surface area contributed by atoms with Crippen molar-refractivity contribution in [1.29, 1.82) is 0 Å². The van der Waals surface area contributed by atoms with Gasteiger partial charge in [0.25, 0.3) is 5.91 Å². The van der Waals surface area contributed by atoms with E-state index >= 15 is 0 Å². The van der Waals surface area contributed by atoms with Crippen molar-refractivity contribution in [3.8, 4) is 0 Å². The van der Waals surface area contributed by atoms with E-state index in [-0.39, 0.29) is 11.9 Å². The lowest BCUT2D eigenvalue weighted by Crippen LogP contribution is -2.47. The van der Waals surface area contributed by atoms with Crippen molar-refractivity contribution in [2.24, 2.45) is 0 Å². The van der Waals surface area contributed by atoms with Crippen LogP contribution >= 0.6 is 11.6 Å². The normalized spacial score (nSPS) is 20.2. The predicted molar refractivity (Wildman–Crippen MR) is 78.5 cm³/mol. The molecule has 0 aliphatic carbocycles.